The van der Waals surface area contributed by atoms with E-state index in [-0.39, 0.29) is 53.4 Å². The number of hydrogen-bond donors (Lipinski definition) is 0. The summed E-state index contributed by atoms with van der Waals surface area (Å²) < 4.78 is 38.4. The zero-order chi connectivity index (χ0) is 23.0. The monoisotopic (exact) mass is 472 g/mol. The van der Waals surface area contributed by atoms with E-state index < -0.39 is 11.7 Å². The molecule has 3 fully saturated rings. The van der Waals surface area contributed by atoms with Gasteiger partial charge in [-0.25, -0.2) is 4.98 Å². The number of alkyl halides is 3. The summed E-state index contributed by atoms with van der Waals surface area (Å²) in [6.45, 7) is 1.54. The summed E-state index contributed by atoms with van der Waals surface area (Å²) in [5.41, 5.74) is -0.911. The van der Waals surface area contributed by atoms with Crippen LogP contribution in [0.3, 0.4) is 0 Å². The summed E-state index contributed by atoms with van der Waals surface area (Å²) in [6, 6.07) is 0.850. The molecular weight excluding hydrogens is 449 g/mol. The summed E-state index contributed by atoms with van der Waals surface area (Å²) in [6.07, 6.45) is -0.318. The van der Waals surface area contributed by atoms with Gasteiger partial charge in [0.15, 0.2) is 0 Å². The lowest BCUT2D eigenvalue weighted by Crippen LogP contribution is -2.49. The number of fused-ring (bicyclic) bond motifs is 1. The molecule has 2 aliphatic heterocycles. The Balaban J connectivity index is 1.30. The first-order valence-electron chi connectivity index (χ1n) is 10.8. The summed E-state index contributed by atoms with van der Waals surface area (Å²) >= 11 is 6.02. The number of likely N-dealkylation sites (tertiary alicyclic amines) is 1. The Bertz CT molecular complexity index is 894. The van der Waals surface area contributed by atoms with Crippen molar-refractivity contribution in [2.24, 2.45) is 11.8 Å². The van der Waals surface area contributed by atoms with E-state index >= 15 is 0 Å². The average Bonchev–Trinajstić information content (AvgIpc) is 3.01. The Kier molecular flexibility index (Phi) is 6.33. The van der Waals surface area contributed by atoms with Gasteiger partial charge in [-0.1, -0.05) is 24.4 Å². The van der Waals surface area contributed by atoms with E-state index in [1.165, 1.54) is 4.90 Å². The summed E-state index contributed by atoms with van der Waals surface area (Å²) in [4.78, 5) is 46.2. The molecule has 7 nitrogen and oxygen atoms in total. The maximum absolute atomic E-state index is 12.8. The molecule has 32 heavy (non-hydrogen) atoms. The molecule has 2 saturated heterocycles. The number of anilines is 1. The van der Waals surface area contributed by atoms with Crippen molar-refractivity contribution in [2.45, 2.75) is 38.3 Å². The molecule has 0 bridgehead atoms. The van der Waals surface area contributed by atoms with Crippen LogP contribution >= 0.6 is 11.6 Å². The highest BCUT2D eigenvalue weighted by molar-refractivity contribution is 6.33. The number of carbonyl (C=O) groups excluding carboxylic acids is 3. The van der Waals surface area contributed by atoms with Crippen LogP contribution in [-0.4, -0.2) is 65.2 Å². The Morgan fingerprint density at radius 3 is 2.19 bits per heavy atom. The molecule has 1 aliphatic carbocycles. The first kappa shape index (κ1) is 22.8. The van der Waals surface area contributed by atoms with E-state index in [1.807, 2.05) is 0 Å². The zero-order valence-corrected chi connectivity index (χ0v) is 18.2. The molecule has 11 heteroatoms. The van der Waals surface area contributed by atoms with E-state index in [2.05, 4.69) is 4.98 Å². The second-order valence-corrected chi connectivity index (χ2v) is 8.88. The number of nitrogens with zero attached hydrogens (tertiary/aromatic N) is 4. The maximum Gasteiger partial charge on any atom is 0.417 e. The Morgan fingerprint density at radius 2 is 1.66 bits per heavy atom. The molecule has 0 spiro atoms. The normalized spacial score (nSPS) is 24.2. The van der Waals surface area contributed by atoms with Crippen molar-refractivity contribution in [3.8, 4) is 0 Å². The molecule has 4 rings (SSSR count). The predicted molar refractivity (Wildman–Crippen MR) is 110 cm³/mol. The van der Waals surface area contributed by atoms with Gasteiger partial charge in [-0.2, -0.15) is 13.2 Å². The maximum atomic E-state index is 12.8. The summed E-state index contributed by atoms with van der Waals surface area (Å²) in [5.74, 6) is -0.665. The zero-order valence-electron chi connectivity index (χ0n) is 17.4. The van der Waals surface area contributed by atoms with Crippen LogP contribution in [0.25, 0.3) is 0 Å². The van der Waals surface area contributed by atoms with Gasteiger partial charge in [-0.3, -0.25) is 19.3 Å². The number of pyridine rings is 1. The van der Waals surface area contributed by atoms with E-state index in [4.69, 9.17) is 11.6 Å². The number of carbonyl (C=O) groups is 3. The second-order valence-electron chi connectivity index (χ2n) is 8.47. The number of hydrogen-bond acceptors (Lipinski definition) is 5. The van der Waals surface area contributed by atoms with Crippen LogP contribution in [-0.2, 0) is 20.6 Å². The van der Waals surface area contributed by atoms with Gasteiger partial charge >= 0.3 is 6.18 Å². The number of amides is 3. The molecular formula is C21H24ClF3N4O3. The average molecular weight is 473 g/mol. The molecule has 3 heterocycles. The predicted octanol–water partition coefficient (Wildman–Crippen LogP) is 2.97. The number of imide groups is 1. The molecule has 0 unspecified atom stereocenters. The minimum atomic E-state index is -4.52. The third-order valence-electron chi connectivity index (χ3n) is 6.56. The third kappa shape index (κ3) is 4.42. The standard InChI is InChI=1S/C21H24ClF3N4O3/c22-16-11-13(21(23,24)25)12-26-18(16)28-9-7-27(8-10-28)17(30)5-6-29-19(31)14-3-1-2-4-15(14)20(29)32/h11-12,14-15H,1-10H2/t14-,15-/m0/s1. The van der Waals surface area contributed by atoms with Crippen LogP contribution in [0.4, 0.5) is 19.0 Å². The molecule has 3 amide bonds. The summed E-state index contributed by atoms with van der Waals surface area (Å²) in [7, 11) is 0. The van der Waals surface area contributed by atoms with Gasteiger partial charge in [0.25, 0.3) is 0 Å². The summed E-state index contributed by atoms with van der Waals surface area (Å²) in [5, 5.41) is -0.0906. The molecule has 1 aromatic heterocycles. The van der Waals surface area contributed by atoms with Crippen molar-refractivity contribution in [3.63, 3.8) is 0 Å². The number of rotatable bonds is 4. The van der Waals surface area contributed by atoms with E-state index in [1.54, 1.807) is 9.80 Å². The lowest BCUT2D eigenvalue weighted by Gasteiger charge is -2.36. The van der Waals surface area contributed by atoms with Gasteiger partial charge in [0.2, 0.25) is 17.7 Å². The molecule has 1 aromatic rings. The van der Waals surface area contributed by atoms with Gasteiger partial charge in [-0.05, 0) is 18.9 Å². The van der Waals surface area contributed by atoms with Gasteiger partial charge in [-0.15, -0.1) is 0 Å². The second kappa shape index (κ2) is 8.88. The number of piperazine rings is 1. The van der Waals surface area contributed by atoms with Crippen molar-refractivity contribution >= 4 is 35.1 Å². The van der Waals surface area contributed by atoms with Crippen LogP contribution in [0.1, 0.15) is 37.7 Å². The highest BCUT2D eigenvalue weighted by Gasteiger charge is 2.48. The van der Waals surface area contributed by atoms with Crippen LogP contribution in [0, 0.1) is 11.8 Å². The van der Waals surface area contributed by atoms with Gasteiger partial charge in [0.05, 0.1) is 22.4 Å². The highest BCUT2D eigenvalue weighted by Crippen LogP contribution is 2.38. The van der Waals surface area contributed by atoms with Crippen molar-refractivity contribution in [3.05, 3.63) is 22.8 Å². The Labute approximate surface area is 188 Å². The van der Waals surface area contributed by atoms with Crippen molar-refractivity contribution in [1.29, 1.82) is 0 Å². The first-order chi connectivity index (χ1) is 15.2. The molecule has 0 aromatic carbocycles. The third-order valence-corrected chi connectivity index (χ3v) is 6.84. The van der Waals surface area contributed by atoms with Gasteiger partial charge in [0.1, 0.15) is 5.82 Å². The van der Waals surface area contributed by atoms with Crippen molar-refractivity contribution < 1.29 is 27.6 Å². The molecule has 2 atom stereocenters. The smallest absolute Gasteiger partial charge is 0.352 e. The minimum absolute atomic E-state index is 0.0657. The molecule has 0 N–H and O–H groups in total. The largest absolute Gasteiger partial charge is 0.417 e. The lowest BCUT2D eigenvalue weighted by molar-refractivity contribution is -0.141. The van der Waals surface area contributed by atoms with Crippen molar-refractivity contribution in [1.82, 2.24) is 14.8 Å². The number of aromatic nitrogens is 1. The topological polar surface area (TPSA) is 73.8 Å². The SMILES string of the molecule is O=C(CCN1C(=O)[C@H]2CCCC[C@@H]2C1=O)N1CCN(c2ncc(C(F)(F)F)cc2Cl)CC1. The van der Waals surface area contributed by atoms with Crippen LogP contribution in [0.15, 0.2) is 12.3 Å². The highest BCUT2D eigenvalue weighted by atomic mass is 35.5. The van der Waals surface area contributed by atoms with Crippen LogP contribution in [0.5, 0.6) is 0 Å². The van der Waals surface area contributed by atoms with Crippen LogP contribution in [0.2, 0.25) is 5.02 Å². The van der Waals surface area contributed by atoms with Crippen molar-refractivity contribution in [2.75, 3.05) is 37.6 Å². The van der Waals surface area contributed by atoms with Gasteiger partial charge < -0.3 is 9.80 Å². The van der Waals surface area contributed by atoms with Crippen LogP contribution < -0.4 is 4.90 Å². The minimum Gasteiger partial charge on any atom is -0.352 e. The molecule has 174 valence electrons. The van der Waals surface area contributed by atoms with Gasteiger partial charge in [0, 0.05) is 45.3 Å². The molecule has 0 radical (unpaired) electrons. The van der Waals surface area contributed by atoms with E-state index in [0.29, 0.717) is 26.2 Å². The Hall–Kier alpha value is -2.36. The molecule has 3 aliphatic rings. The van der Waals surface area contributed by atoms with E-state index in [0.717, 1.165) is 37.9 Å². The fourth-order valence-corrected chi connectivity index (χ4v) is 5.09. The fraction of sp³-hybridized carbons (Fsp3) is 0.619. The quantitative estimate of drug-likeness (QED) is 0.630. The number of halogens is 4. The molecule has 1 saturated carbocycles. The van der Waals surface area contributed by atoms with E-state index in [9.17, 15) is 27.6 Å². The fourth-order valence-electron chi connectivity index (χ4n) is 4.80. The first-order valence-corrected chi connectivity index (χ1v) is 11.2. The lowest BCUT2D eigenvalue weighted by atomic mass is 9.81. The Morgan fingerprint density at radius 1 is 1.06 bits per heavy atom.